The van der Waals surface area contributed by atoms with Crippen molar-refractivity contribution in [2.24, 2.45) is 0 Å². The van der Waals surface area contributed by atoms with Crippen LogP contribution in [0.1, 0.15) is 18.1 Å². The number of fused-ring (bicyclic) bond motifs is 1. The minimum absolute atomic E-state index is 0.577. The number of hydrogen-bond acceptors (Lipinski definition) is 3. The van der Waals surface area contributed by atoms with Crippen LogP contribution in [0.3, 0.4) is 0 Å². The fourth-order valence-electron chi connectivity index (χ4n) is 2.19. The van der Waals surface area contributed by atoms with E-state index in [0.29, 0.717) is 0 Å². The quantitative estimate of drug-likeness (QED) is 0.864. The molecule has 4 heteroatoms. The monoisotopic (exact) mass is 255 g/mol. The first-order valence-electron chi connectivity index (χ1n) is 5.81. The number of alkyl halides is 1. The lowest BCUT2D eigenvalue weighted by Crippen LogP contribution is -2.46. The molecule has 2 N–H and O–H groups in total. The second kappa shape index (κ2) is 4.96. The molecule has 94 valence electrons. The molecule has 2 unspecified atom stereocenters. The average molecular weight is 255 g/mol. The molecule has 2 nitrogen and oxygen atoms in total. The Morgan fingerprint density at radius 2 is 2.35 bits per heavy atom. The Labute approximate surface area is 106 Å². The SMILES string of the molecule is CNC(CF)C(C)(O)c1ccc2c(c1)SCC2. The number of aliphatic hydroxyl groups is 1. The number of likely N-dealkylation sites (N-methyl/N-ethyl adjacent to an activating group) is 1. The summed E-state index contributed by atoms with van der Waals surface area (Å²) in [6, 6.07) is 5.37. The van der Waals surface area contributed by atoms with Crippen molar-refractivity contribution in [2.75, 3.05) is 19.5 Å². The highest BCUT2D eigenvalue weighted by molar-refractivity contribution is 7.99. The van der Waals surface area contributed by atoms with Crippen molar-refractivity contribution in [1.82, 2.24) is 5.32 Å². The van der Waals surface area contributed by atoms with Crippen LogP contribution in [-0.2, 0) is 12.0 Å². The molecule has 0 saturated heterocycles. The average Bonchev–Trinajstić information content (AvgIpc) is 2.77. The van der Waals surface area contributed by atoms with Gasteiger partial charge in [-0.2, -0.15) is 0 Å². The molecule has 17 heavy (non-hydrogen) atoms. The van der Waals surface area contributed by atoms with E-state index in [2.05, 4.69) is 5.32 Å². The maximum absolute atomic E-state index is 12.9. The Balaban J connectivity index is 2.32. The number of halogens is 1. The van der Waals surface area contributed by atoms with Crippen molar-refractivity contribution in [3.05, 3.63) is 29.3 Å². The first kappa shape index (κ1) is 12.9. The van der Waals surface area contributed by atoms with Gasteiger partial charge in [0.2, 0.25) is 0 Å². The fraction of sp³-hybridized carbons (Fsp3) is 0.538. The molecule has 2 atom stereocenters. The second-order valence-corrected chi connectivity index (χ2v) is 5.70. The van der Waals surface area contributed by atoms with Gasteiger partial charge in [0.25, 0.3) is 0 Å². The smallest absolute Gasteiger partial charge is 0.108 e. The third-order valence-corrected chi connectivity index (χ3v) is 4.56. The zero-order valence-corrected chi connectivity index (χ0v) is 11.0. The Kier molecular flexibility index (Phi) is 3.76. The summed E-state index contributed by atoms with van der Waals surface area (Å²) in [4.78, 5) is 1.22. The van der Waals surface area contributed by atoms with Crippen LogP contribution < -0.4 is 5.32 Å². The van der Waals surface area contributed by atoms with Crippen molar-refractivity contribution >= 4 is 11.8 Å². The number of hydrogen-bond donors (Lipinski definition) is 2. The maximum Gasteiger partial charge on any atom is 0.108 e. The van der Waals surface area contributed by atoms with Crippen LogP contribution in [0, 0.1) is 0 Å². The van der Waals surface area contributed by atoms with Crippen LogP contribution in [0.2, 0.25) is 0 Å². The van der Waals surface area contributed by atoms with Crippen LogP contribution in [0.25, 0.3) is 0 Å². The van der Waals surface area contributed by atoms with Gasteiger partial charge < -0.3 is 10.4 Å². The topological polar surface area (TPSA) is 32.3 Å². The van der Waals surface area contributed by atoms with E-state index in [-0.39, 0.29) is 0 Å². The van der Waals surface area contributed by atoms with E-state index in [4.69, 9.17) is 0 Å². The summed E-state index contributed by atoms with van der Waals surface area (Å²) in [5.74, 6) is 1.10. The predicted molar refractivity (Wildman–Crippen MR) is 69.3 cm³/mol. The summed E-state index contributed by atoms with van der Waals surface area (Å²) < 4.78 is 12.9. The lowest BCUT2D eigenvalue weighted by Gasteiger charge is -2.31. The highest BCUT2D eigenvalue weighted by Gasteiger charge is 2.33. The van der Waals surface area contributed by atoms with Gasteiger partial charge in [-0.3, -0.25) is 0 Å². The molecule has 1 aliphatic rings. The van der Waals surface area contributed by atoms with Gasteiger partial charge in [0.05, 0.1) is 6.04 Å². The zero-order chi connectivity index (χ0) is 12.5. The molecule has 0 saturated carbocycles. The van der Waals surface area contributed by atoms with Crippen LogP contribution in [0.4, 0.5) is 4.39 Å². The fourth-order valence-corrected chi connectivity index (χ4v) is 3.30. The normalized spacial score (nSPS) is 19.8. The molecular formula is C13H18FNOS. The standard InChI is InChI=1S/C13H18FNOS/c1-13(16,12(8-14)15-2)10-4-3-9-5-6-17-11(9)7-10/h3-4,7,12,15-16H,5-6,8H2,1-2H3. The van der Waals surface area contributed by atoms with Crippen molar-refractivity contribution < 1.29 is 9.50 Å². The lowest BCUT2D eigenvalue weighted by atomic mass is 9.88. The lowest BCUT2D eigenvalue weighted by molar-refractivity contribution is 0.00899. The third kappa shape index (κ3) is 2.34. The molecule has 0 fully saturated rings. The van der Waals surface area contributed by atoms with Gasteiger partial charge in [0.1, 0.15) is 12.3 Å². The van der Waals surface area contributed by atoms with Crippen LogP contribution in [0.15, 0.2) is 23.1 Å². The number of nitrogens with one attached hydrogen (secondary N) is 1. The van der Waals surface area contributed by atoms with Gasteiger partial charge in [0.15, 0.2) is 0 Å². The number of thioether (sulfide) groups is 1. The van der Waals surface area contributed by atoms with E-state index in [1.54, 1.807) is 25.7 Å². The minimum atomic E-state index is -1.18. The molecular weight excluding hydrogens is 237 g/mol. The second-order valence-electron chi connectivity index (χ2n) is 4.56. The zero-order valence-electron chi connectivity index (χ0n) is 10.2. The van der Waals surface area contributed by atoms with Gasteiger partial charge in [-0.05, 0) is 37.6 Å². The molecule has 1 aromatic carbocycles. The van der Waals surface area contributed by atoms with E-state index in [1.165, 1.54) is 10.5 Å². The molecule has 1 aliphatic heterocycles. The Bertz CT molecular complexity index is 404. The first-order valence-corrected chi connectivity index (χ1v) is 6.80. The summed E-state index contributed by atoms with van der Waals surface area (Å²) >= 11 is 1.80. The van der Waals surface area contributed by atoms with Crippen LogP contribution in [-0.4, -0.2) is 30.6 Å². The van der Waals surface area contributed by atoms with E-state index in [1.807, 2.05) is 18.2 Å². The predicted octanol–water partition coefficient (Wildman–Crippen LogP) is 2.10. The van der Waals surface area contributed by atoms with E-state index < -0.39 is 18.3 Å². The third-order valence-electron chi connectivity index (χ3n) is 3.46. The molecule has 2 rings (SSSR count). The van der Waals surface area contributed by atoms with E-state index in [9.17, 15) is 9.50 Å². The van der Waals surface area contributed by atoms with Crippen molar-refractivity contribution in [3.8, 4) is 0 Å². The Morgan fingerprint density at radius 1 is 1.59 bits per heavy atom. The molecule has 1 heterocycles. The molecule has 0 bridgehead atoms. The molecule has 0 radical (unpaired) electrons. The molecule has 0 aromatic heterocycles. The molecule has 0 spiro atoms. The Morgan fingerprint density at radius 3 is 3.00 bits per heavy atom. The molecule has 0 aliphatic carbocycles. The highest BCUT2D eigenvalue weighted by atomic mass is 32.2. The molecule has 1 aromatic rings. The van der Waals surface area contributed by atoms with Crippen molar-refractivity contribution in [1.29, 1.82) is 0 Å². The van der Waals surface area contributed by atoms with Crippen molar-refractivity contribution in [3.63, 3.8) is 0 Å². The van der Waals surface area contributed by atoms with Crippen LogP contribution in [0.5, 0.6) is 0 Å². The van der Waals surface area contributed by atoms with Gasteiger partial charge in [0, 0.05) is 10.6 Å². The number of rotatable bonds is 4. The summed E-state index contributed by atoms with van der Waals surface area (Å²) in [5.41, 5.74) is 0.931. The summed E-state index contributed by atoms with van der Waals surface area (Å²) in [6.07, 6.45) is 1.08. The van der Waals surface area contributed by atoms with Crippen molar-refractivity contribution in [2.45, 2.75) is 29.9 Å². The van der Waals surface area contributed by atoms with Gasteiger partial charge >= 0.3 is 0 Å². The number of aryl methyl sites for hydroxylation is 1. The van der Waals surface area contributed by atoms with E-state index in [0.717, 1.165) is 17.7 Å². The molecule has 0 amide bonds. The Hall–Kier alpha value is -0.580. The van der Waals surface area contributed by atoms with E-state index >= 15 is 0 Å². The maximum atomic E-state index is 12.9. The van der Waals surface area contributed by atoms with Gasteiger partial charge in [-0.1, -0.05) is 12.1 Å². The minimum Gasteiger partial charge on any atom is -0.384 e. The summed E-state index contributed by atoms with van der Waals surface area (Å²) in [7, 11) is 1.67. The summed E-state index contributed by atoms with van der Waals surface area (Å²) in [5, 5.41) is 13.3. The summed E-state index contributed by atoms with van der Waals surface area (Å²) in [6.45, 7) is 1.07. The largest absolute Gasteiger partial charge is 0.384 e. The van der Waals surface area contributed by atoms with Gasteiger partial charge in [-0.15, -0.1) is 11.8 Å². The van der Waals surface area contributed by atoms with Gasteiger partial charge in [-0.25, -0.2) is 4.39 Å². The van der Waals surface area contributed by atoms with Crippen LogP contribution >= 0.6 is 11.8 Å². The highest BCUT2D eigenvalue weighted by Crippen LogP contribution is 2.35. The first-order chi connectivity index (χ1) is 8.09. The number of benzene rings is 1.